The smallest absolute Gasteiger partial charge is 0.342 e. The molecule has 2 aromatic carbocycles. The first-order chi connectivity index (χ1) is 10.5. The predicted octanol–water partition coefficient (Wildman–Crippen LogP) is 3.16. The fourth-order valence-electron chi connectivity index (χ4n) is 1.99. The molecule has 22 heavy (non-hydrogen) atoms. The number of aromatic hydroxyl groups is 2. The zero-order valence-corrected chi connectivity index (χ0v) is 12.5. The van der Waals surface area contributed by atoms with Crippen LogP contribution in [0, 0.1) is 6.92 Å². The van der Waals surface area contributed by atoms with E-state index in [1.165, 1.54) is 6.07 Å². The third kappa shape index (κ3) is 3.31. The molecule has 5 heteroatoms. The van der Waals surface area contributed by atoms with Crippen molar-refractivity contribution in [3.8, 4) is 17.2 Å². The van der Waals surface area contributed by atoms with Gasteiger partial charge in [-0.3, -0.25) is 0 Å². The van der Waals surface area contributed by atoms with Gasteiger partial charge in [0.25, 0.3) is 0 Å². The van der Waals surface area contributed by atoms with Crippen LogP contribution < -0.4 is 4.74 Å². The van der Waals surface area contributed by atoms with Crippen molar-refractivity contribution in [2.45, 2.75) is 20.5 Å². The SMILES string of the molecule is CCOc1ccccc1COC(=O)c1ccc(C)c(O)c1O. The molecule has 0 atom stereocenters. The summed E-state index contributed by atoms with van der Waals surface area (Å²) in [6, 6.07) is 10.2. The maximum absolute atomic E-state index is 12.0. The number of phenolic OH excluding ortho intramolecular Hbond substituents is 2. The van der Waals surface area contributed by atoms with Crippen LogP contribution in [0.1, 0.15) is 28.4 Å². The van der Waals surface area contributed by atoms with E-state index in [9.17, 15) is 15.0 Å². The van der Waals surface area contributed by atoms with Crippen molar-refractivity contribution < 1.29 is 24.5 Å². The Hall–Kier alpha value is -2.69. The van der Waals surface area contributed by atoms with Crippen LogP contribution in [0.2, 0.25) is 0 Å². The summed E-state index contributed by atoms with van der Waals surface area (Å²) in [4.78, 5) is 12.0. The number of carbonyl (C=O) groups is 1. The number of carbonyl (C=O) groups excluding carboxylic acids is 1. The van der Waals surface area contributed by atoms with Gasteiger partial charge < -0.3 is 19.7 Å². The van der Waals surface area contributed by atoms with Gasteiger partial charge >= 0.3 is 5.97 Å². The molecule has 2 N–H and O–H groups in total. The zero-order chi connectivity index (χ0) is 16.1. The van der Waals surface area contributed by atoms with Crippen LogP contribution in [0.25, 0.3) is 0 Å². The van der Waals surface area contributed by atoms with Crippen molar-refractivity contribution >= 4 is 5.97 Å². The molecule has 0 aliphatic rings. The average Bonchev–Trinajstić information content (AvgIpc) is 2.52. The van der Waals surface area contributed by atoms with Gasteiger partial charge in [-0.05, 0) is 31.5 Å². The summed E-state index contributed by atoms with van der Waals surface area (Å²) in [6.45, 7) is 4.03. The minimum absolute atomic E-state index is 0.0169. The Morgan fingerprint density at radius 2 is 1.82 bits per heavy atom. The summed E-state index contributed by atoms with van der Waals surface area (Å²) < 4.78 is 10.6. The molecule has 2 rings (SSSR count). The molecule has 0 spiro atoms. The molecule has 0 heterocycles. The van der Waals surface area contributed by atoms with Crippen molar-refractivity contribution in [2.75, 3.05) is 6.61 Å². The minimum atomic E-state index is -0.709. The summed E-state index contributed by atoms with van der Waals surface area (Å²) in [7, 11) is 0. The first-order valence-corrected chi connectivity index (χ1v) is 6.94. The molecule has 0 aliphatic carbocycles. The Labute approximate surface area is 128 Å². The molecule has 0 amide bonds. The van der Waals surface area contributed by atoms with Crippen molar-refractivity contribution in [2.24, 2.45) is 0 Å². The molecule has 0 fully saturated rings. The van der Waals surface area contributed by atoms with Gasteiger partial charge in [0.15, 0.2) is 11.5 Å². The Balaban J connectivity index is 2.12. The number of benzene rings is 2. The molecule has 116 valence electrons. The number of phenols is 2. The standard InChI is InChI=1S/C17H18O5/c1-3-21-14-7-5-4-6-12(14)10-22-17(20)13-9-8-11(2)15(18)16(13)19/h4-9,18-19H,3,10H2,1-2H3. The van der Waals surface area contributed by atoms with E-state index < -0.39 is 11.7 Å². The van der Waals surface area contributed by atoms with Crippen LogP contribution >= 0.6 is 0 Å². The molecule has 5 nitrogen and oxygen atoms in total. The van der Waals surface area contributed by atoms with Crippen LogP contribution in [0.15, 0.2) is 36.4 Å². The van der Waals surface area contributed by atoms with Crippen molar-refractivity contribution in [3.63, 3.8) is 0 Å². The van der Waals surface area contributed by atoms with Crippen LogP contribution in [-0.2, 0) is 11.3 Å². The van der Waals surface area contributed by atoms with Gasteiger partial charge in [-0.2, -0.15) is 0 Å². The van der Waals surface area contributed by atoms with E-state index in [0.29, 0.717) is 17.9 Å². The lowest BCUT2D eigenvalue weighted by Crippen LogP contribution is -2.07. The molecule has 0 radical (unpaired) electrons. The number of aryl methyl sites for hydroxylation is 1. The maximum atomic E-state index is 12.0. The quantitative estimate of drug-likeness (QED) is 0.655. The summed E-state index contributed by atoms with van der Waals surface area (Å²) in [6.07, 6.45) is 0. The lowest BCUT2D eigenvalue weighted by molar-refractivity contribution is 0.0465. The first-order valence-electron chi connectivity index (χ1n) is 6.94. The van der Waals surface area contributed by atoms with E-state index in [-0.39, 0.29) is 17.9 Å². The van der Waals surface area contributed by atoms with Gasteiger partial charge in [-0.15, -0.1) is 0 Å². The number of hydrogen-bond donors (Lipinski definition) is 2. The topological polar surface area (TPSA) is 76.0 Å². The second-order valence-electron chi connectivity index (χ2n) is 4.74. The normalized spacial score (nSPS) is 10.3. The van der Waals surface area contributed by atoms with Gasteiger partial charge in [-0.1, -0.05) is 24.3 Å². The lowest BCUT2D eigenvalue weighted by Gasteiger charge is -2.11. The molecule has 0 saturated carbocycles. The Morgan fingerprint density at radius 3 is 2.55 bits per heavy atom. The highest BCUT2D eigenvalue weighted by molar-refractivity contribution is 5.93. The van der Waals surface area contributed by atoms with Gasteiger partial charge in [0.1, 0.15) is 17.9 Å². The van der Waals surface area contributed by atoms with E-state index in [4.69, 9.17) is 9.47 Å². The Kier molecular flexibility index (Phi) is 4.88. The number of para-hydroxylation sites is 1. The number of esters is 1. The van der Waals surface area contributed by atoms with Crippen LogP contribution in [-0.4, -0.2) is 22.8 Å². The van der Waals surface area contributed by atoms with E-state index >= 15 is 0 Å². The zero-order valence-electron chi connectivity index (χ0n) is 12.5. The lowest BCUT2D eigenvalue weighted by atomic mass is 10.1. The highest BCUT2D eigenvalue weighted by atomic mass is 16.5. The molecular formula is C17H18O5. The van der Waals surface area contributed by atoms with Gasteiger partial charge in [0.2, 0.25) is 0 Å². The van der Waals surface area contributed by atoms with E-state index in [1.807, 2.05) is 19.1 Å². The molecule has 0 aliphatic heterocycles. The number of hydrogen-bond acceptors (Lipinski definition) is 5. The summed E-state index contributed by atoms with van der Waals surface area (Å²) in [5.41, 5.74) is 1.14. The highest BCUT2D eigenvalue weighted by Gasteiger charge is 2.17. The second-order valence-corrected chi connectivity index (χ2v) is 4.74. The van der Waals surface area contributed by atoms with Crippen molar-refractivity contribution in [1.29, 1.82) is 0 Å². The fourth-order valence-corrected chi connectivity index (χ4v) is 1.99. The second kappa shape index (κ2) is 6.85. The predicted molar refractivity (Wildman–Crippen MR) is 81.2 cm³/mol. The summed E-state index contributed by atoms with van der Waals surface area (Å²) >= 11 is 0. The van der Waals surface area contributed by atoms with Crippen LogP contribution in [0.5, 0.6) is 17.2 Å². The highest BCUT2D eigenvalue weighted by Crippen LogP contribution is 2.32. The van der Waals surface area contributed by atoms with E-state index in [0.717, 1.165) is 5.56 Å². The molecule has 0 bridgehead atoms. The first kappa shape index (κ1) is 15.7. The summed E-state index contributed by atoms with van der Waals surface area (Å²) in [5, 5.41) is 19.5. The number of rotatable bonds is 5. The maximum Gasteiger partial charge on any atom is 0.342 e. The molecular weight excluding hydrogens is 284 g/mol. The molecule has 2 aromatic rings. The molecule has 0 unspecified atom stereocenters. The van der Waals surface area contributed by atoms with Crippen LogP contribution in [0.3, 0.4) is 0 Å². The molecule has 0 aromatic heterocycles. The fraction of sp³-hybridized carbons (Fsp3) is 0.235. The number of ether oxygens (including phenoxy) is 2. The van der Waals surface area contributed by atoms with Gasteiger partial charge in [0, 0.05) is 5.56 Å². The largest absolute Gasteiger partial charge is 0.504 e. The van der Waals surface area contributed by atoms with E-state index in [1.54, 1.807) is 25.1 Å². The average molecular weight is 302 g/mol. The monoisotopic (exact) mass is 302 g/mol. The Bertz CT molecular complexity index is 679. The minimum Gasteiger partial charge on any atom is -0.504 e. The van der Waals surface area contributed by atoms with Crippen LogP contribution in [0.4, 0.5) is 0 Å². The third-order valence-electron chi connectivity index (χ3n) is 3.20. The summed E-state index contributed by atoms with van der Waals surface area (Å²) in [5.74, 6) is -0.847. The third-order valence-corrected chi connectivity index (χ3v) is 3.20. The van der Waals surface area contributed by atoms with Crippen molar-refractivity contribution in [1.82, 2.24) is 0 Å². The van der Waals surface area contributed by atoms with Gasteiger partial charge in [0.05, 0.1) is 6.61 Å². The van der Waals surface area contributed by atoms with Gasteiger partial charge in [-0.25, -0.2) is 4.79 Å². The molecule has 0 saturated heterocycles. The van der Waals surface area contributed by atoms with E-state index in [2.05, 4.69) is 0 Å². The van der Waals surface area contributed by atoms with Crippen molar-refractivity contribution in [3.05, 3.63) is 53.1 Å². The Morgan fingerprint density at radius 1 is 1.09 bits per heavy atom.